The number of methoxy groups -OCH3 is 1. The van der Waals surface area contributed by atoms with Gasteiger partial charge >= 0.3 is 5.97 Å². The minimum atomic E-state index is -0.810. The van der Waals surface area contributed by atoms with Crippen LogP contribution in [0.25, 0.3) is 17.2 Å². The molecule has 0 amide bonds. The summed E-state index contributed by atoms with van der Waals surface area (Å²) in [7, 11) is 1.48. The lowest BCUT2D eigenvalue weighted by Gasteiger charge is -2.15. The average molecular weight is 399 g/mol. The second-order valence-electron chi connectivity index (χ2n) is 6.44. The number of nitriles is 1. The Bertz CT molecular complexity index is 1070. The van der Waals surface area contributed by atoms with Gasteiger partial charge in [0.25, 0.3) is 0 Å². The lowest BCUT2D eigenvalue weighted by Crippen LogP contribution is -2.28. The highest BCUT2D eigenvalue weighted by Crippen LogP contribution is 2.29. The van der Waals surface area contributed by atoms with Crippen molar-refractivity contribution in [1.82, 2.24) is 0 Å². The monoisotopic (exact) mass is 399 g/mol. The van der Waals surface area contributed by atoms with Crippen LogP contribution in [0.3, 0.4) is 0 Å². The van der Waals surface area contributed by atoms with Crippen LogP contribution in [0.15, 0.2) is 78.9 Å². The molecule has 0 radical (unpaired) electrons. The maximum atomic E-state index is 12.5. The van der Waals surface area contributed by atoms with Crippen LogP contribution in [-0.4, -0.2) is 19.2 Å². The van der Waals surface area contributed by atoms with Crippen LogP contribution >= 0.6 is 0 Å². The number of hydrogen-bond acceptors (Lipinski definition) is 5. The number of rotatable bonds is 7. The summed E-state index contributed by atoms with van der Waals surface area (Å²) >= 11 is 0. The quantitative estimate of drug-likeness (QED) is 0.307. The van der Waals surface area contributed by atoms with Crippen LogP contribution in [0.5, 0.6) is 17.2 Å². The van der Waals surface area contributed by atoms with E-state index in [0.29, 0.717) is 11.5 Å². The zero-order chi connectivity index (χ0) is 21.3. The minimum Gasteiger partial charge on any atom is -0.493 e. The molecule has 3 aromatic carbocycles. The first-order valence-corrected chi connectivity index (χ1v) is 9.38. The van der Waals surface area contributed by atoms with E-state index in [1.807, 2.05) is 60.7 Å². The summed E-state index contributed by atoms with van der Waals surface area (Å²) in [6.07, 6.45) is 2.19. The van der Waals surface area contributed by atoms with Gasteiger partial charge in [-0.2, -0.15) is 5.26 Å². The van der Waals surface area contributed by atoms with E-state index < -0.39 is 12.1 Å². The fourth-order valence-corrected chi connectivity index (χ4v) is 2.81. The topological polar surface area (TPSA) is 68.5 Å². The van der Waals surface area contributed by atoms with Crippen molar-refractivity contribution in [1.29, 1.82) is 5.26 Å². The molecule has 0 aliphatic heterocycles. The molecule has 3 aromatic rings. The molecule has 1 unspecified atom stereocenters. The van der Waals surface area contributed by atoms with Gasteiger partial charge in [0.1, 0.15) is 5.75 Å². The third-order valence-corrected chi connectivity index (χ3v) is 4.35. The first kappa shape index (κ1) is 20.7. The molecular weight excluding hydrogens is 378 g/mol. The van der Waals surface area contributed by atoms with Gasteiger partial charge in [0, 0.05) is 6.08 Å². The molecule has 5 nitrogen and oxygen atoms in total. The van der Waals surface area contributed by atoms with Crippen molar-refractivity contribution < 1.29 is 19.0 Å². The van der Waals surface area contributed by atoms with Gasteiger partial charge in [0.15, 0.2) is 17.6 Å². The van der Waals surface area contributed by atoms with Crippen LogP contribution in [-0.2, 0) is 4.79 Å². The van der Waals surface area contributed by atoms with Gasteiger partial charge in [-0.25, -0.2) is 4.79 Å². The van der Waals surface area contributed by atoms with Crippen molar-refractivity contribution in [3.8, 4) is 34.4 Å². The zero-order valence-corrected chi connectivity index (χ0v) is 16.7. The number of allylic oxidation sites excluding steroid dienone is 1. The fraction of sp³-hybridized carbons (Fsp3) is 0.120. The lowest BCUT2D eigenvalue weighted by atomic mass is 10.1. The van der Waals surface area contributed by atoms with Crippen LogP contribution in [0.4, 0.5) is 0 Å². The summed E-state index contributed by atoms with van der Waals surface area (Å²) in [6.45, 7) is 1.63. The number of hydrogen-bond donors (Lipinski definition) is 0. The Balaban J connectivity index is 1.65. The van der Waals surface area contributed by atoms with Crippen LogP contribution in [0, 0.1) is 11.3 Å². The molecule has 30 heavy (non-hydrogen) atoms. The predicted octanol–water partition coefficient (Wildman–Crippen LogP) is 5.27. The molecule has 0 aliphatic carbocycles. The van der Waals surface area contributed by atoms with Crippen molar-refractivity contribution >= 4 is 12.0 Å². The van der Waals surface area contributed by atoms with Crippen molar-refractivity contribution in [3.63, 3.8) is 0 Å². The molecule has 150 valence electrons. The summed E-state index contributed by atoms with van der Waals surface area (Å²) in [5.41, 5.74) is 2.93. The molecule has 0 aliphatic rings. The molecule has 0 fully saturated rings. The SMILES string of the molecule is COc1cc(/C=C\C#N)ccc1OC(=O)C(C)Oc1ccc(-c2ccccc2)cc1. The summed E-state index contributed by atoms with van der Waals surface area (Å²) in [5, 5.41) is 8.63. The van der Waals surface area contributed by atoms with Gasteiger partial charge in [0.05, 0.1) is 13.2 Å². The third kappa shape index (κ3) is 5.27. The lowest BCUT2D eigenvalue weighted by molar-refractivity contribution is -0.141. The molecule has 5 heteroatoms. The Morgan fingerprint density at radius 2 is 1.67 bits per heavy atom. The van der Waals surface area contributed by atoms with E-state index in [4.69, 9.17) is 19.5 Å². The second kappa shape index (κ2) is 9.94. The van der Waals surface area contributed by atoms with Gasteiger partial charge < -0.3 is 14.2 Å². The Kier molecular flexibility index (Phi) is 6.86. The molecule has 3 rings (SSSR count). The first-order chi connectivity index (χ1) is 14.6. The van der Waals surface area contributed by atoms with Gasteiger partial charge in [-0.3, -0.25) is 0 Å². The van der Waals surface area contributed by atoms with Crippen molar-refractivity contribution in [2.45, 2.75) is 13.0 Å². The summed E-state index contributed by atoms with van der Waals surface area (Å²) in [5.74, 6) is 0.707. The standard InChI is InChI=1S/C25H21NO4/c1-18(29-22-13-11-21(12-14-22)20-8-4-3-5-9-20)25(27)30-23-15-10-19(7-6-16-26)17-24(23)28-2/h3-15,17-18H,1-2H3/b7-6-. The summed E-state index contributed by atoms with van der Waals surface area (Å²) in [6, 6.07) is 24.5. The van der Waals surface area contributed by atoms with Gasteiger partial charge in [-0.05, 0) is 54.0 Å². The van der Waals surface area contributed by atoms with Crippen LogP contribution < -0.4 is 14.2 Å². The summed E-state index contributed by atoms with van der Waals surface area (Å²) in [4.78, 5) is 12.5. The van der Waals surface area contributed by atoms with Gasteiger partial charge in [0.2, 0.25) is 0 Å². The van der Waals surface area contributed by atoms with E-state index >= 15 is 0 Å². The van der Waals surface area contributed by atoms with E-state index in [2.05, 4.69) is 0 Å². The first-order valence-electron chi connectivity index (χ1n) is 9.38. The molecule has 1 atom stereocenters. The number of esters is 1. The summed E-state index contributed by atoms with van der Waals surface area (Å²) < 4.78 is 16.5. The normalized spacial score (nSPS) is 11.5. The highest BCUT2D eigenvalue weighted by molar-refractivity contribution is 5.78. The van der Waals surface area contributed by atoms with Gasteiger partial charge in [-0.15, -0.1) is 0 Å². The molecule has 0 spiro atoms. The van der Waals surface area contributed by atoms with E-state index in [0.717, 1.165) is 16.7 Å². The predicted molar refractivity (Wildman–Crippen MR) is 115 cm³/mol. The van der Waals surface area contributed by atoms with E-state index in [1.54, 1.807) is 31.2 Å². The molecule has 0 aromatic heterocycles. The Labute approximate surface area is 175 Å². The van der Waals surface area contributed by atoms with Crippen molar-refractivity contribution in [3.05, 3.63) is 84.4 Å². The van der Waals surface area contributed by atoms with Gasteiger partial charge in [-0.1, -0.05) is 48.5 Å². The zero-order valence-electron chi connectivity index (χ0n) is 16.7. The number of nitrogens with zero attached hydrogens (tertiary/aromatic N) is 1. The maximum Gasteiger partial charge on any atom is 0.352 e. The second-order valence-corrected chi connectivity index (χ2v) is 6.44. The van der Waals surface area contributed by atoms with Crippen molar-refractivity contribution in [2.24, 2.45) is 0 Å². The highest BCUT2D eigenvalue weighted by atomic mass is 16.6. The fourth-order valence-electron chi connectivity index (χ4n) is 2.81. The number of carbonyl (C=O) groups excluding carboxylic acids is 1. The maximum absolute atomic E-state index is 12.5. The van der Waals surface area contributed by atoms with E-state index in [1.165, 1.54) is 13.2 Å². The van der Waals surface area contributed by atoms with Crippen molar-refractivity contribution in [2.75, 3.05) is 7.11 Å². The molecule has 0 saturated carbocycles. The minimum absolute atomic E-state index is 0.284. The van der Waals surface area contributed by atoms with E-state index in [-0.39, 0.29) is 5.75 Å². The van der Waals surface area contributed by atoms with Crippen LogP contribution in [0.1, 0.15) is 12.5 Å². The molecule has 0 bridgehead atoms. The Morgan fingerprint density at radius 3 is 2.33 bits per heavy atom. The number of carbonyl (C=O) groups is 1. The number of ether oxygens (including phenoxy) is 3. The molecular formula is C25H21NO4. The van der Waals surface area contributed by atoms with Crippen LogP contribution in [0.2, 0.25) is 0 Å². The smallest absolute Gasteiger partial charge is 0.352 e. The Hall–Kier alpha value is -4.04. The third-order valence-electron chi connectivity index (χ3n) is 4.35. The van der Waals surface area contributed by atoms with E-state index in [9.17, 15) is 4.79 Å². The largest absolute Gasteiger partial charge is 0.493 e. The Morgan fingerprint density at radius 1 is 0.967 bits per heavy atom. The number of benzene rings is 3. The highest BCUT2D eigenvalue weighted by Gasteiger charge is 2.19. The molecule has 0 N–H and O–H groups in total. The average Bonchev–Trinajstić information content (AvgIpc) is 2.79. The molecule has 0 saturated heterocycles. The molecule has 0 heterocycles.